The maximum absolute atomic E-state index is 12.2. The highest BCUT2D eigenvalue weighted by Crippen LogP contribution is 2.12. The Bertz CT molecular complexity index is 965. The lowest BCUT2D eigenvalue weighted by Crippen LogP contribution is -2.27. The molecule has 0 rings (SSSR count). The second-order valence-corrected chi connectivity index (χ2v) is 13.3. The number of allylic oxidation sites excluding steroid dienone is 15. The van der Waals surface area contributed by atoms with Gasteiger partial charge in [0.15, 0.2) is 0 Å². The Labute approximate surface area is 315 Å². The van der Waals surface area contributed by atoms with Gasteiger partial charge in [0.1, 0.15) is 6.10 Å². The Morgan fingerprint density at radius 1 is 0.490 bits per heavy atom. The second-order valence-electron chi connectivity index (χ2n) is 13.3. The molecule has 0 amide bonds. The van der Waals surface area contributed by atoms with Gasteiger partial charge in [-0.05, 0) is 83.5 Å². The summed E-state index contributed by atoms with van der Waals surface area (Å²) in [6.07, 6.45) is 61.9. The predicted molar refractivity (Wildman–Crippen MR) is 223 cm³/mol. The second kappa shape index (κ2) is 43.5. The zero-order valence-electron chi connectivity index (χ0n) is 33.1. The minimum atomic E-state index is -0.584. The molecule has 0 aliphatic carbocycles. The molecule has 0 heterocycles. The molecule has 0 saturated heterocycles. The van der Waals surface area contributed by atoms with Crippen molar-refractivity contribution in [2.45, 2.75) is 174 Å². The number of ether oxygens (including phenoxy) is 2. The van der Waals surface area contributed by atoms with Gasteiger partial charge in [-0.2, -0.15) is 0 Å². The van der Waals surface area contributed by atoms with E-state index in [9.17, 15) is 9.90 Å². The minimum absolute atomic E-state index is 0.211. The van der Waals surface area contributed by atoms with E-state index in [1.165, 1.54) is 77.0 Å². The maximum Gasteiger partial charge on any atom is 0.306 e. The van der Waals surface area contributed by atoms with E-state index in [2.05, 4.69) is 111 Å². The zero-order chi connectivity index (χ0) is 37.0. The van der Waals surface area contributed by atoms with Crippen LogP contribution >= 0.6 is 0 Å². The Kier molecular flexibility index (Phi) is 41.2. The third-order valence-electron chi connectivity index (χ3n) is 8.41. The molecule has 1 atom stereocenters. The molecule has 4 heteroatoms. The molecule has 0 bridgehead atoms. The number of carbonyl (C=O) groups is 1. The van der Waals surface area contributed by atoms with Crippen LogP contribution in [0.25, 0.3) is 0 Å². The number of hydrogen-bond acceptors (Lipinski definition) is 4. The van der Waals surface area contributed by atoms with Gasteiger partial charge in [0, 0.05) is 6.42 Å². The van der Waals surface area contributed by atoms with Crippen molar-refractivity contribution in [2.75, 3.05) is 19.8 Å². The van der Waals surface area contributed by atoms with Crippen molar-refractivity contribution in [3.8, 4) is 0 Å². The summed E-state index contributed by atoms with van der Waals surface area (Å²) in [4.78, 5) is 12.2. The summed E-state index contributed by atoms with van der Waals surface area (Å²) >= 11 is 0. The van der Waals surface area contributed by atoms with E-state index in [-0.39, 0.29) is 19.2 Å². The number of rotatable bonds is 37. The minimum Gasteiger partial charge on any atom is -0.457 e. The van der Waals surface area contributed by atoms with Gasteiger partial charge in [-0.1, -0.05) is 175 Å². The third-order valence-corrected chi connectivity index (χ3v) is 8.41. The number of aliphatic hydroxyl groups excluding tert-OH is 1. The summed E-state index contributed by atoms with van der Waals surface area (Å²) < 4.78 is 11.0. The molecule has 0 saturated carbocycles. The Morgan fingerprint density at radius 3 is 1.33 bits per heavy atom. The van der Waals surface area contributed by atoms with Crippen molar-refractivity contribution in [3.63, 3.8) is 0 Å². The molecule has 0 aromatic carbocycles. The van der Waals surface area contributed by atoms with Crippen LogP contribution in [0.1, 0.15) is 168 Å². The standard InChI is InChI=1S/C47H78O4/c1-3-5-7-9-11-13-15-17-19-21-22-23-24-25-26-27-28-30-32-34-36-38-40-42-47(49)51-46(44-48)45-50-43-41-39-37-35-33-31-29-20-18-16-14-12-10-8-6-4-2/h6,8,12,14-15,17-18,20-22,24-25,31,33,37,39,46,48H,3-5,7,9-11,13,16,19,23,26-30,32,34-36,38,40-45H2,1-2H3/b8-6-,14-12-,17-15-,20-18-,22-21-,25-24-,33-31-,39-37-. The SMILES string of the molecule is CC/C=C\C/C=C\C/C=C\C/C=C\C/C=C\CCOCC(CO)OC(=O)CCCCCCCCCC/C=C\C/C=C\C/C=C\CCCCCCC. The van der Waals surface area contributed by atoms with Gasteiger partial charge in [0.25, 0.3) is 0 Å². The molecule has 0 fully saturated rings. The molecule has 0 radical (unpaired) electrons. The van der Waals surface area contributed by atoms with E-state index in [0.29, 0.717) is 13.0 Å². The van der Waals surface area contributed by atoms with Crippen molar-refractivity contribution in [2.24, 2.45) is 0 Å². The number of unbranched alkanes of at least 4 members (excludes halogenated alkanes) is 13. The number of esters is 1. The van der Waals surface area contributed by atoms with E-state index in [1.807, 2.05) is 0 Å². The van der Waals surface area contributed by atoms with Gasteiger partial charge in [-0.25, -0.2) is 0 Å². The van der Waals surface area contributed by atoms with Crippen LogP contribution in [0.3, 0.4) is 0 Å². The summed E-state index contributed by atoms with van der Waals surface area (Å²) in [7, 11) is 0. The first-order valence-electron chi connectivity index (χ1n) is 20.8. The first kappa shape index (κ1) is 48.3. The first-order chi connectivity index (χ1) is 25.2. The monoisotopic (exact) mass is 707 g/mol. The van der Waals surface area contributed by atoms with Crippen LogP contribution in [0.5, 0.6) is 0 Å². The highest BCUT2D eigenvalue weighted by molar-refractivity contribution is 5.69. The molecule has 51 heavy (non-hydrogen) atoms. The molecule has 0 aromatic heterocycles. The molecule has 4 nitrogen and oxygen atoms in total. The number of carbonyl (C=O) groups excluding carboxylic acids is 1. The van der Waals surface area contributed by atoms with Gasteiger partial charge in [-0.3, -0.25) is 4.79 Å². The largest absolute Gasteiger partial charge is 0.457 e. The third kappa shape index (κ3) is 41.6. The van der Waals surface area contributed by atoms with E-state index < -0.39 is 6.10 Å². The van der Waals surface area contributed by atoms with Gasteiger partial charge in [0.05, 0.1) is 19.8 Å². The van der Waals surface area contributed by atoms with Gasteiger partial charge in [0.2, 0.25) is 0 Å². The first-order valence-corrected chi connectivity index (χ1v) is 20.8. The Hall–Kier alpha value is -2.69. The summed E-state index contributed by atoms with van der Waals surface area (Å²) in [5.74, 6) is -0.237. The molecule has 0 spiro atoms. The quantitative estimate of drug-likeness (QED) is 0.0397. The molecular formula is C47H78O4. The summed E-state index contributed by atoms with van der Waals surface area (Å²) in [5.41, 5.74) is 0. The van der Waals surface area contributed by atoms with E-state index in [4.69, 9.17) is 9.47 Å². The highest BCUT2D eigenvalue weighted by atomic mass is 16.6. The van der Waals surface area contributed by atoms with Crippen molar-refractivity contribution in [1.29, 1.82) is 0 Å². The van der Waals surface area contributed by atoms with E-state index in [1.54, 1.807) is 0 Å². The normalized spacial score (nSPS) is 13.4. The lowest BCUT2D eigenvalue weighted by molar-refractivity contribution is -0.154. The lowest BCUT2D eigenvalue weighted by Gasteiger charge is -2.15. The van der Waals surface area contributed by atoms with Crippen molar-refractivity contribution >= 4 is 5.97 Å². The molecular weight excluding hydrogens is 629 g/mol. The fraction of sp³-hybridized carbons (Fsp3) is 0.638. The molecule has 0 aliphatic rings. The van der Waals surface area contributed by atoms with Crippen LogP contribution in [0.15, 0.2) is 97.2 Å². The molecule has 1 N–H and O–H groups in total. The number of aliphatic hydroxyl groups is 1. The molecule has 0 aromatic rings. The highest BCUT2D eigenvalue weighted by Gasteiger charge is 2.13. The number of hydrogen-bond donors (Lipinski definition) is 1. The van der Waals surface area contributed by atoms with Crippen molar-refractivity contribution in [3.05, 3.63) is 97.2 Å². The Balaban J connectivity index is 3.59. The average molecular weight is 707 g/mol. The summed E-state index contributed by atoms with van der Waals surface area (Å²) in [6.45, 7) is 4.99. The van der Waals surface area contributed by atoms with Crippen LogP contribution in [-0.4, -0.2) is 37.0 Å². The fourth-order valence-electron chi connectivity index (χ4n) is 5.34. The van der Waals surface area contributed by atoms with E-state index in [0.717, 1.165) is 70.6 Å². The summed E-state index contributed by atoms with van der Waals surface area (Å²) in [6, 6.07) is 0. The van der Waals surface area contributed by atoms with Gasteiger partial charge in [-0.15, -0.1) is 0 Å². The molecule has 290 valence electrons. The molecule has 1 unspecified atom stereocenters. The van der Waals surface area contributed by atoms with Crippen molar-refractivity contribution < 1.29 is 19.4 Å². The van der Waals surface area contributed by atoms with Crippen LogP contribution in [0.4, 0.5) is 0 Å². The smallest absolute Gasteiger partial charge is 0.306 e. The summed E-state index contributed by atoms with van der Waals surface area (Å²) in [5, 5.41) is 9.58. The predicted octanol–water partition coefficient (Wildman–Crippen LogP) is 13.8. The van der Waals surface area contributed by atoms with Crippen molar-refractivity contribution in [1.82, 2.24) is 0 Å². The van der Waals surface area contributed by atoms with Crippen LogP contribution in [-0.2, 0) is 14.3 Å². The fourth-order valence-corrected chi connectivity index (χ4v) is 5.34. The van der Waals surface area contributed by atoms with E-state index >= 15 is 0 Å². The maximum atomic E-state index is 12.2. The van der Waals surface area contributed by atoms with Gasteiger partial charge < -0.3 is 14.6 Å². The zero-order valence-corrected chi connectivity index (χ0v) is 33.1. The Morgan fingerprint density at radius 2 is 0.882 bits per heavy atom. The van der Waals surface area contributed by atoms with Crippen LogP contribution in [0.2, 0.25) is 0 Å². The van der Waals surface area contributed by atoms with Crippen LogP contribution in [0, 0.1) is 0 Å². The topological polar surface area (TPSA) is 55.8 Å². The molecule has 0 aliphatic heterocycles. The van der Waals surface area contributed by atoms with Gasteiger partial charge >= 0.3 is 5.97 Å². The van der Waals surface area contributed by atoms with Crippen LogP contribution < -0.4 is 0 Å². The lowest BCUT2D eigenvalue weighted by atomic mass is 10.1. The average Bonchev–Trinajstić information content (AvgIpc) is 3.14.